The van der Waals surface area contributed by atoms with Crippen molar-refractivity contribution in [2.75, 3.05) is 14.1 Å². The number of hydrogen-bond acceptors (Lipinski definition) is 5. The molecule has 6 nitrogen and oxygen atoms in total. The summed E-state index contributed by atoms with van der Waals surface area (Å²) in [6, 6.07) is 8.78. The zero-order chi connectivity index (χ0) is 19.0. The summed E-state index contributed by atoms with van der Waals surface area (Å²) in [7, 11) is -5.14. The third-order valence-corrected chi connectivity index (χ3v) is 6.70. The van der Waals surface area contributed by atoms with Gasteiger partial charge in [-0.25, -0.2) is 12.7 Å². The van der Waals surface area contributed by atoms with Gasteiger partial charge in [-0.15, -0.1) is 0 Å². The van der Waals surface area contributed by atoms with Crippen LogP contribution in [-0.2, 0) is 20.1 Å². The molecule has 0 unspecified atom stereocenters. The molecule has 25 heavy (non-hydrogen) atoms. The van der Waals surface area contributed by atoms with Gasteiger partial charge in [-0.05, 0) is 50.1 Å². The third-order valence-electron chi connectivity index (χ3n) is 3.67. The summed E-state index contributed by atoms with van der Waals surface area (Å²) < 4.78 is 55.9. The van der Waals surface area contributed by atoms with Crippen molar-refractivity contribution in [3.63, 3.8) is 0 Å². The molecule has 0 saturated heterocycles. The van der Waals surface area contributed by atoms with Gasteiger partial charge in [0, 0.05) is 14.1 Å². The number of nitrogens with zero attached hydrogens (tertiary/aromatic N) is 1. The van der Waals surface area contributed by atoms with Gasteiger partial charge in [-0.2, -0.15) is 8.42 Å². The predicted molar refractivity (Wildman–Crippen MR) is 95.8 cm³/mol. The van der Waals surface area contributed by atoms with Crippen LogP contribution in [-0.4, -0.2) is 35.2 Å². The van der Waals surface area contributed by atoms with Gasteiger partial charge in [0.1, 0.15) is 10.6 Å². The average molecular weight is 383 g/mol. The molecule has 0 atom stereocenters. The van der Waals surface area contributed by atoms with Gasteiger partial charge in [-0.3, -0.25) is 0 Å². The molecule has 0 bridgehead atoms. The van der Waals surface area contributed by atoms with Crippen LogP contribution in [0.3, 0.4) is 0 Å². The first-order valence-corrected chi connectivity index (χ1v) is 10.3. The Morgan fingerprint density at radius 3 is 1.88 bits per heavy atom. The molecule has 0 aromatic heterocycles. The van der Waals surface area contributed by atoms with E-state index in [0.29, 0.717) is 11.1 Å². The van der Waals surface area contributed by atoms with E-state index in [0.717, 1.165) is 15.9 Å². The van der Waals surface area contributed by atoms with E-state index >= 15 is 0 Å². The van der Waals surface area contributed by atoms with Gasteiger partial charge >= 0.3 is 10.1 Å². The standard InChI is InChI=1S/C17H21NO5S2/c1-12-9-13(2)17(14(3)10-12)23-25(21,22)16-8-6-7-15(11-16)24(19,20)18(4)5/h6-11H,1-5H3. The van der Waals surface area contributed by atoms with Crippen molar-refractivity contribution in [1.29, 1.82) is 0 Å². The molecule has 0 amide bonds. The molecular weight excluding hydrogens is 362 g/mol. The van der Waals surface area contributed by atoms with E-state index in [9.17, 15) is 16.8 Å². The van der Waals surface area contributed by atoms with Crippen molar-refractivity contribution in [3.05, 3.63) is 53.1 Å². The molecule has 0 radical (unpaired) electrons. The predicted octanol–water partition coefficient (Wildman–Crippen LogP) is 2.63. The Morgan fingerprint density at radius 2 is 1.36 bits per heavy atom. The highest BCUT2D eigenvalue weighted by Crippen LogP contribution is 2.28. The van der Waals surface area contributed by atoms with Crippen LogP contribution < -0.4 is 4.18 Å². The summed E-state index contributed by atoms with van der Waals surface area (Å²) in [6.07, 6.45) is 0. The molecule has 136 valence electrons. The minimum Gasteiger partial charge on any atom is -0.378 e. The number of rotatable bonds is 5. The Hall–Kier alpha value is -1.90. The highest BCUT2D eigenvalue weighted by atomic mass is 32.2. The van der Waals surface area contributed by atoms with E-state index in [1.54, 1.807) is 13.8 Å². The second-order valence-corrected chi connectivity index (χ2v) is 9.73. The summed E-state index contributed by atoms with van der Waals surface area (Å²) in [4.78, 5) is -0.325. The van der Waals surface area contributed by atoms with E-state index in [1.807, 2.05) is 19.1 Å². The minimum absolute atomic E-state index is 0.112. The van der Waals surface area contributed by atoms with Crippen LogP contribution in [0.25, 0.3) is 0 Å². The molecule has 0 spiro atoms. The molecule has 0 aliphatic heterocycles. The van der Waals surface area contributed by atoms with Crippen molar-refractivity contribution in [2.45, 2.75) is 30.6 Å². The maximum atomic E-state index is 12.6. The Bertz CT molecular complexity index is 986. The molecule has 0 aliphatic rings. The zero-order valence-electron chi connectivity index (χ0n) is 14.8. The highest BCUT2D eigenvalue weighted by Gasteiger charge is 2.23. The highest BCUT2D eigenvalue weighted by molar-refractivity contribution is 7.89. The van der Waals surface area contributed by atoms with Crippen LogP contribution in [0, 0.1) is 20.8 Å². The first-order chi connectivity index (χ1) is 11.4. The molecule has 0 saturated carbocycles. The van der Waals surface area contributed by atoms with E-state index in [-0.39, 0.29) is 15.5 Å². The Morgan fingerprint density at radius 1 is 0.840 bits per heavy atom. The van der Waals surface area contributed by atoms with Gasteiger partial charge in [0.25, 0.3) is 0 Å². The fourth-order valence-corrected chi connectivity index (χ4v) is 4.57. The summed E-state index contributed by atoms with van der Waals surface area (Å²) in [6.45, 7) is 5.43. The van der Waals surface area contributed by atoms with Gasteiger partial charge in [0.05, 0.1) is 4.90 Å². The fraction of sp³-hybridized carbons (Fsp3) is 0.294. The lowest BCUT2D eigenvalue weighted by atomic mass is 10.1. The monoisotopic (exact) mass is 383 g/mol. The molecule has 8 heteroatoms. The van der Waals surface area contributed by atoms with Crippen molar-refractivity contribution in [2.24, 2.45) is 0 Å². The van der Waals surface area contributed by atoms with E-state index in [4.69, 9.17) is 4.18 Å². The zero-order valence-corrected chi connectivity index (χ0v) is 16.4. The first-order valence-electron chi connectivity index (χ1n) is 7.50. The molecule has 0 N–H and O–H groups in total. The Labute approximate surface area is 149 Å². The molecule has 0 aliphatic carbocycles. The number of sulfonamides is 1. The van der Waals surface area contributed by atoms with Gasteiger partial charge in [0.15, 0.2) is 0 Å². The molecule has 2 aromatic rings. The molecule has 0 heterocycles. The molecule has 0 fully saturated rings. The third kappa shape index (κ3) is 4.02. The lowest BCUT2D eigenvalue weighted by Crippen LogP contribution is -2.22. The molecular formula is C17H21NO5S2. The second-order valence-electron chi connectivity index (χ2n) is 6.03. The van der Waals surface area contributed by atoms with E-state index in [2.05, 4.69) is 0 Å². The van der Waals surface area contributed by atoms with Crippen LogP contribution in [0.5, 0.6) is 5.75 Å². The van der Waals surface area contributed by atoms with Gasteiger partial charge in [0.2, 0.25) is 10.0 Å². The van der Waals surface area contributed by atoms with Crippen molar-refractivity contribution in [1.82, 2.24) is 4.31 Å². The quantitative estimate of drug-likeness (QED) is 0.742. The van der Waals surface area contributed by atoms with Crippen LogP contribution in [0.2, 0.25) is 0 Å². The normalized spacial score (nSPS) is 12.4. The molecule has 2 rings (SSSR count). The van der Waals surface area contributed by atoms with Crippen molar-refractivity contribution < 1.29 is 21.0 Å². The van der Waals surface area contributed by atoms with Gasteiger partial charge in [-0.1, -0.05) is 23.8 Å². The summed E-state index contributed by atoms with van der Waals surface area (Å²) in [5.41, 5.74) is 2.38. The van der Waals surface area contributed by atoms with E-state index < -0.39 is 20.1 Å². The fourth-order valence-electron chi connectivity index (χ4n) is 2.46. The van der Waals surface area contributed by atoms with Crippen molar-refractivity contribution >= 4 is 20.1 Å². The van der Waals surface area contributed by atoms with Crippen LogP contribution in [0.4, 0.5) is 0 Å². The first kappa shape index (κ1) is 19.4. The lowest BCUT2D eigenvalue weighted by molar-refractivity contribution is 0.481. The average Bonchev–Trinajstić information content (AvgIpc) is 2.51. The van der Waals surface area contributed by atoms with Gasteiger partial charge < -0.3 is 4.18 Å². The number of aryl methyl sites for hydroxylation is 3. The smallest absolute Gasteiger partial charge is 0.339 e. The second kappa shape index (κ2) is 6.78. The topological polar surface area (TPSA) is 80.8 Å². The molecule has 2 aromatic carbocycles. The maximum Gasteiger partial charge on any atom is 0.339 e. The minimum atomic E-state index is -4.16. The largest absolute Gasteiger partial charge is 0.378 e. The maximum absolute atomic E-state index is 12.6. The van der Waals surface area contributed by atoms with E-state index in [1.165, 1.54) is 32.3 Å². The van der Waals surface area contributed by atoms with Crippen LogP contribution in [0.15, 0.2) is 46.2 Å². The number of benzene rings is 2. The van der Waals surface area contributed by atoms with Crippen molar-refractivity contribution in [3.8, 4) is 5.75 Å². The van der Waals surface area contributed by atoms with Crippen LogP contribution >= 0.6 is 0 Å². The Kier molecular flexibility index (Phi) is 5.27. The summed E-state index contributed by atoms with van der Waals surface area (Å²) in [5, 5.41) is 0. The lowest BCUT2D eigenvalue weighted by Gasteiger charge is -2.15. The summed E-state index contributed by atoms with van der Waals surface area (Å²) in [5.74, 6) is 0.256. The van der Waals surface area contributed by atoms with Crippen LogP contribution in [0.1, 0.15) is 16.7 Å². The summed E-state index contributed by atoms with van der Waals surface area (Å²) >= 11 is 0. The SMILES string of the molecule is Cc1cc(C)c(OS(=O)(=O)c2cccc(S(=O)(=O)N(C)C)c2)c(C)c1. The Balaban J connectivity index is 2.49. The number of hydrogen-bond donors (Lipinski definition) is 0.